The molecule has 0 fully saturated rings. The Hall–Kier alpha value is -0.610. The summed E-state index contributed by atoms with van der Waals surface area (Å²) in [4.78, 5) is 11.8. The van der Waals surface area contributed by atoms with Crippen molar-refractivity contribution in [2.75, 3.05) is 40.5 Å². The van der Waals surface area contributed by atoms with Crippen LogP contribution in [-0.2, 0) is 14.3 Å². The quantitative estimate of drug-likeness (QED) is 0.432. The molecule has 0 spiro atoms. The molecule has 0 radical (unpaired) electrons. The second kappa shape index (κ2) is 6.79. The highest BCUT2D eigenvalue weighted by atomic mass is 16.5. The summed E-state index contributed by atoms with van der Waals surface area (Å²) in [5, 5.41) is 0. The molecule has 0 unspecified atom stereocenters. The minimum atomic E-state index is 0.0362. The second-order valence-electron chi connectivity index (χ2n) is 4.24. The van der Waals surface area contributed by atoms with Crippen LogP contribution in [0.1, 0.15) is 13.8 Å². The molecular weight excluding hydrogens is 182 g/mol. The molecule has 4 nitrogen and oxygen atoms in total. The molecule has 0 heterocycles. The molecule has 0 aromatic rings. The molecule has 0 aliphatic rings. The molecule has 1 amide bonds. The fourth-order valence-electron chi connectivity index (χ4n) is 1.04. The standard InChI is InChI=1S/C10H21NO3/c1-10(2,7-13-4)8-14-6-5-11(3)9-12/h9H,5-8H2,1-4H3. The van der Waals surface area contributed by atoms with E-state index in [0.29, 0.717) is 26.4 Å². The smallest absolute Gasteiger partial charge is 0.209 e. The van der Waals surface area contributed by atoms with Crippen LogP contribution >= 0.6 is 0 Å². The number of carbonyl (C=O) groups is 1. The third-order valence-electron chi connectivity index (χ3n) is 1.80. The van der Waals surface area contributed by atoms with Crippen LogP contribution in [0.4, 0.5) is 0 Å². The summed E-state index contributed by atoms with van der Waals surface area (Å²) in [5.74, 6) is 0. The Morgan fingerprint density at radius 1 is 1.36 bits per heavy atom. The van der Waals surface area contributed by atoms with E-state index in [1.165, 1.54) is 0 Å². The molecule has 0 saturated heterocycles. The fraction of sp³-hybridized carbons (Fsp3) is 0.900. The van der Waals surface area contributed by atoms with Gasteiger partial charge in [0.2, 0.25) is 6.41 Å². The number of amides is 1. The summed E-state index contributed by atoms with van der Waals surface area (Å²) in [7, 11) is 3.42. The molecule has 0 atom stereocenters. The zero-order chi connectivity index (χ0) is 11.0. The average Bonchev–Trinajstić information content (AvgIpc) is 2.12. The zero-order valence-corrected chi connectivity index (χ0v) is 9.58. The molecule has 0 rings (SSSR count). The van der Waals surface area contributed by atoms with Gasteiger partial charge in [-0.3, -0.25) is 4.79 Å². The predicted octanol–water partition coefficient (Wildman–Crippen LogP) is 0.764. The molecule has 0 bridgehead atoms. The minimum Gasteiger partial charge on any atom is -0.384 e. The Bertz CT molecular complexity index is 159. The Morgan fingerprint density at radius 3 is 2.50 bits per heavy atom. The van der Waals surface area contributed by atoms with Crippen LogP contribution in [0.15, 0.2) is 0 Å². The molecule has 0 aromatic heterocycles. The van der Waals surface area contributed by atoms with Gasteiger partial charge in [0.05, 0.1) is 19.8 Å². The highest BCUT2D eigenvalue weighted by molar-refractivity contribution is 5.46. The van der Waals surface area contributed by atoms with Crippen LogP contribution in [0.25, 0.3) is 0 Å². The molecule has 0 aliphatic heterocycles. The van der Waals surface area contributed by atoms with Gasteiger partial charge in [-0.05, 0) is 0 Å². The zero-order valence-electron chi connectivity index (χ0n) is 9.58. The Kier molecular flexibility index (Phi) is 6.49. The highest BCUT2D eigenvalue weighted by Crippen LogP contribution is 2.14. The fourth-order valence-corrected chi connectivity index (χ4v) is 1.04. The first-order chi connectivity index (χ1) is 6.52. The number of hydrogen-bond acceptors (Lipinski definition) is 3. The van der Waals surface area contributed by atoms with Gasteiger partial charge in [0, 0.05) is 26.1 Å². The third-order valence-corrected chi connectivity index (χ3v) is 1.80. The van der Waals surface area contributed by atoms with Gasteiger partial charge in [0.25, 0.3) is 0 Å². The number of rotatable bonds is 8. The maximum atomic E-state index is 10.2. The SMILES string of the molecule is COCC(C)(C)COCCN(C)C=O. The van der Waals surface area contributed by atoms with E-state index in [4.69, 9.17) is 9.47 Å². The van der Waals surface area contributed by atoms with E-state index >= 15 is 0 Å². The lowest BCUT2D eigenvalue weighted by molar-refractivity contribution is -0.117. The number of hydrogen-bond donors (Lipinski definition) is 0. The normalized spacial score (nSPS) is 11.4. The maximum Gasteiger partial charge on any atom is 0.209 e. The minimum absolute atomic E-state index is 0.0362. The van der Waals surface area contributed by atoms with E-state index in [1.807, 2.05) is 0 Å². The van der Waals surface area contributed by atoms with Crippen molar-refractivity contribution in [1.82, 2.24) is 4.90 Å². The molecule has 14 heavy (non-hydrogen) atoms. The summed E-state index contributed by atoms with van der Waals surface area (Å²) in [5.41, 5.74) is 0.0362. The number of methoxy groups -OCH3 is 1. The Morgan fingerprint density at radius 2 is 2.00 bits per heavy atom. The second-order valence-corrected chi connectivity index (χ2v) is 4.24. The number of likely N-dealkylation sites (N-methyl/N-ethyl adjacent to an activating group) is 1. The molecule has 0 aliphatic carbocycles. The predicted molar refractivity (Wildman–Crippen MR) is 55.2 cm³/mol. The van der Waals surface area contributed by atoms with Crippen molar-refractivity contribution in [3.8, 4) is 0 Å². The Labute approximate surface area is 86.2 Å². The molecular formula is C10H21NO3. The molecule has 0 aromatic carbocycles. The number of nitrogens with zero attached hydrogens (tertiary/aromatic N) is 1. The van der Waals surface area contributed by atoms with Gasteiger partial charge < -0.3 is 14.4 Å². The molecule has 4 heteroatoms. The first-order valence-electron chi connectivity index (χ1n) is 4.74. The van der Waals surface area contributed by atoms with E-state index in [9.17, 15) is 4.79 Å². The van der Waals surface area contributed by atoms with Crippen molar-refractivity contribution in [2.45, 2.75) is 13.8 Å². The lowest BCUT2D eigenvalue weighted by atomic mass is 9.96. The van der Waals surface area contributed by atoms with E-state index in [2.05, 4.69) is 13.8 Å². The van der Waals surface area contributed by atoms with Crippen molar-refractivity contribution in [3.05, 3.63) is 0 Å². The molecule has 0 N–H and O–H groups in total. The summed E-state index contributed by atoms with van der Waals surface area (Å²) in [6.45, 7) is 6.69. The third kappa shape index (κ3) is 6.86. The summed E-state index contributed by atoms with van der Waals surface area (Å²) in [6.07, 6.45) is 0.795. The van der Waals surface area contributed by atoms with E-state index in [1.54, 1.807) is 19.1 Å². The van der Waals surface area contributed by atoms with Crippen molar-refractivity contribution in [3.63, 3.8) is 0 Å². The number of carbonyl (C=O) groups excluding carboxylic acids is 1. The first-order valence-corrected chi connectivity index (χ1v) is 4.74. The van der Waals surface area contributed by atoms with Gasteiger partial charge in [0.15, 0.2) is 0 Å². The van der Waals surface area contributed by atoms with Crippen LogP contribution in [0.2, 0.25) is 0 Å². The summed E-state index contributed by atoms with van der Waals surface area (Å²) >= 11 is 0. The van der Waals surface area contributed by atoms with E-state index in [0.717, 1.165) is 6.41 Å². The summed E-state index contributed by atoms with van der Waals surface area (Å²) < 4.78 is 10.5. The van der Waals surface area contributed by atoms with Crippen molar-refractivity contribution < 1.29 is 14.3 Å². The van der Waals surface area contributed by atoms with Crippen LogP contribution in [0.5, 0.6) is 0 Å². The van der Waals surface area contributed by atoms with Gasteiger partial charge in [-0.15, -0.1) is 0 Å². The van der Waals surface area contributed by atoms with E-state index < -0.39 is 0 Å². The number of ether oxygens (including phenoxy) is 2. The topological polar surface area (TPSA) is 38.8 Å². The van der Waals surface area contributed by atoms with Crippen molar-refractivity contribution >= 4 is 6.41 Å². The monoisotopic (exact) mass is 203 g/mol. The first kappa shape index (κ1) is 13.4. The van der Waals surface area contributed by atoms with E-state index in [-0.39, 0.29) is 5.41 Å². The lowest BCUT2D eigenvalue weighted by Gasteiger charge is -2.23. The summed E-state index contributed by atoms with van der Waals surface area (Å²) in [6, 6.07) is 0. The Balaban J connectivity index is 3.48. The van der Waals surface area contributed by atoms with Crippen LogP contribution in [0, 0.1) is 5.41 Å². The van der Waals surface area contributed by atoms with Gasteiger partial charge in [-0.2, -0.15) is 0 Å². The molecule has 0 saturated carbocycles. The van der Waals surface area contributed by atoms with Gasteiger partial charge >= 0.3 is 0 Å². The van der Waals surface area contributed by atoms with Crippen LogP contribution in [-0.4, -0.2) is 51.8 Å². The van der Waals surface area contributed by atoms with Gasteiger partial charge in [0.1, 0.15) is 0 Å². The average molecular weight is 203 g/mol. The van der Waals surface area contributed by atoms with Gasteiger partial charge in [-0.1, -0.05) is 13.8 Å². The molecule has 84 valence electrons. The lowest BCUT2D eigenvalue weighted by Crippen LogP contribution is -2.28. The largest absolute Gasteiger partial charge is 0.384 e. The van der Waals surface area contributed by atoms with Crippen LogP contribution < -0.4 is 0 Å². The van der Waals surface area contributed by atoms with Crippen LogP contribution in [0.3, 0.4) is 0 Å². The highest BCUT2D eigenvalue weighted by Gasteiger charge is 2.17. The van der Waals surface area contributed by atoms with Crippen molar-refractivity contribution in [2.24, 2.45) is 5.41 Å². The van der Waals surface area contributed by atoms with Gasteiger partial charge in [-0.25, -0.2) is 0 Å². The maximum absolute atomic E-state index is 10.2. The van der Waals surface area contributed by atoms with Crippen molar-refractivity contribution in [1.29, 1.82) is 0 Å².